The zero-order valence-electron chi connectivity index (χ0n) is 10.6. The molecule has 20 heavy (non-hydrogen) atoms. The number of ether oxygens (including phenoxy) is 1. The summed E-state index contributed by atoms with van der Waals surface area (Å²) in [5, 5.41) is 11.1. The van der Waals surface area contributed by atoms with Crippen LogP contribution in [-0.4, -0.2) is 29.7 Å². The van der Waals surface area contributed by atoms with Gasteiger partial charge in [-0.25, -0.2) is 4.98 Å². The molecule has 0 radical (unpaired) electrons. The Kier molecular flexibility index (Phi) is 5.32. The van der Waals surface area contributed by atoms with Gasteiger partial charge in [0.15, 0.2) is 6.61 Å². The summed E-state index contributed by atoms with van der Waals surface area (Å²) in [6.45, 7) is 0.227. The van der Waals surface area contributed by atoms with Gasteiger partial charge in [-0.1, -0.05) is 13.0 Å². The number of amides is 1. The van der Waals surface area contributed by atoms with E-state index in [4.69, 9.17) is 5.26 Å². The highest BCUT2D eigenvalue weighted by Gasteiger charge is 2.28. The summed E-state index contributed by atoms with van der Waals surface area (Å²) in [7, 11) is 0. The van der Waals surface area contributed by atoms with Crippen LogP contribution in [-0.2, 0) is 0 Å². The summed E-state index contributed by atoms with van der Waals surface area (Å²) in [6.07, 6.45) is -4.07. The van der Waals surface area contributed by atoms with Crippen molar-refractivity contribution in [3.05, 3.63) is 23.9 Å². The number of alkyl halides is 3. The minimum Gasteiger partial charge on any atom is -0.468 e. The number of hydrogen-bond donors (Lipinski definition) is 1. The average molecular weight is 287 g/mol. The smallest absolute Gasteiger partial charge is 0.422 e. The molecule has 1 atom stereocenters. The maximum Gasteiger partial charge on any atom is 0.422 e. The van der Waals surface area contributed by atoms with E-state index in [0.29, 0.717) is 6.42 Å². The summed E-state index contributed by atoms with van der Waals surface area (Å²) in [6, 6.07) is 5.08. The molecular weight excluding hydrogens is 275 g/mol. The van der Waals surface area contributed by atoms with Gasteiger partial charge in [0.25, 0.3) is 5.91 Å². The maximum absolute atomic E-state index is 12.0. The van der Waals surface area contributed by atoms with Crippen molar-refractivity contribution in [1.82, 2.24) is 10.3 Å². The van der Waals surface area contributed by atoms with Crippen molar-refractivity contribution in [2.24, 2.45) is 0 Å². The minimum atomic E-state index is -4.48. The fraction of sp³-hybridized carbons (Fsp3) is 0.417. The molecule has 1 amide bonds. The van der Waals surface area contributed by atoms with Crippen molar-refractivity contribution in [3.8, 4) is 11.9 Å². The molecule has 0 spiro atoms. The highest BCUT2D eigenvalue weighted by molar-refractivity contribution is 5.92. The molecule has 1 N–H and O–H groups in total. The van der Waals surface area contributed by atoms with Crippen LogP contribution in [0.15, 0.2) is 18.2 Å². The third-order valence-corrected chi connectivity index (χ3v) is 2.21. The normalized spacial score (nSPS) is 12.3. The number of pyridine rings is 1. The van der Waals surface area contributed by atoms with E-state index in [1.807, 2.05) is 6.07 Å². The van der Waals surface area contributed by atoms with E-state index < -0.39 is 24.7 Å². The molecular formula is C12H12F3N3O2. The number of hydrogen-bond acceptors (Lipinski definition) is 4. The standard InChI is InChI=1S/C12H12F3N3O2/c1-2-8(6-16)17-11(19)9-4-3-5-10(18-9)20-7-12(13,14)15/h3-5,8H,2,7H2,1H3,(H,17,19)/t8-/m1/s1. The van der Waals surface area contributed by atoms with E-state index in [1.165, 1.54) is 18.2 Å². The first-order valence-electron chi connectivity index (χ1n) is 5.72. The maximum atomic E-state index is 12.0. The van der Waals surface area contributed by atoms with Crippen molar-refractivity contribution in [2.45, 2.75) is 25.6 Å². The number of carbonyl (C=O) groups is 1. The van der Waals surface area contributed by atoms with Crippen LogP contribution in [0, 0.1) is 11.3 Å². The molecule has 0 bridgehead atoms. The molecule has 0 unspecified atom stereocenters. The zero-order valence-corrected chi connectivity index (χ0v) is 10.6. The number of aromatic nitrogens is 1. The summed E-state index contributed by atoms with van der Waals surface area (Å²) in [4.78, 5) is 15.4. The van der Waals surface area contributed by atoms with Crippen molar-refractivity contribution < 1.29 is 22.7 Å². The largest absolute Gasteiger partial charge is 0.468 e. The van der Waals surface area contributed by atoms with Gasteiger partial charge in [-0.3, -0.25) is 4.79 Å². The quantitative estimate of drug-likeness (QED) is 0.899. The average Bonchev–Trinajstić information content (AvgIpc) is 2.42. The molecule has 0 fully saturated rings. The van der Waals surface area contributed by atoms with Crippen molar-refractivity contribution >= 4 is 5.91 Å². The second kappa shape index (κ2) is 6.75. The summed E-state index contributed by atoms with van der Waals surface area (Å²) < 4.78 is 40.4. The number of halogens is 3. The Labute approximate surface area is 113 Å². The molecule has 5 nitrogen and oxygen atoms in total. The van der Waals surface area contributed by atoms with Crippen LogP contribution in [0.4, 0.5) is 13.2 Å². The molecule has 0 aliphatic carbocycles. The van der Waals surface area contributed by atoms with Gasteiger partial charge < -0.3 is 10.1 Å². The second-order valence-electron chi connectivity index (χ2n) is 3.83. The molecule has 0 aromatic carbocycles. The van der Waals surface area contributed by atoms with E-state index in [1.54, 1.807) is 6.92 Å². The first-order chi connectivity index (χ1) is 9.35. The summed E-state index contributed by atoms with van der Waals surface area (Å²) in [5.41, 5.74) is -0.113. The zero-order chi connectivity index (χ0) is 15.2. The Bertz CT molecular complexity index is 511. The van der Waals surface area contributed by atoms with Crippen molar-refractivity contribution in [2.75, 3.05) is 6.61 Å². The van der Waals surface area contributed by atoms with Gasteiger partial charge in [-0.15, -0.1) is 0 Å². The van der Waals surface area contributed by atoms with Crippen LogP contribution >= 0.6 is 0 Å². The molecule has 0 saturated heterocycles. The van der Waals surface area contributed by atoms with E-state index in [2.05, 4.69) is 15.0 Å². The summed E-state index contributed by atoms with van der Waals surface area (Å²) in [5.74, 6) is -0.948. The molecule has 1 rings (SSSR count). The third kappa shape index (κ3) is 5.14. The fourth-order valence-electron chi connectivity index (χ4n) is 1.24. The number of rotatable bonds is 5. The predicted molar refractivity (Wildman–Crippen MR) is 62.9 cm³/mol. The molecule has 0 saturated carbocycles. The van der Waals surface area contributed by atoms with E-state index in [9.17, 15) is 18.0 Å². The van der Waals surface area contributed by atoms with E-state index in [0.717, 1.165) is 0 Å². The van der Waals surface area contributed by atoms with Gasteiger partial charge in [-0.2, -0.15) is 18.4 Å². The van der Waals surface area contributed by atoms with Gasteiger partial charge >= 0.3 is 6.18 Å². The molecule has 108 valence electrons. The van der Waals surface area contributed by atoms with Gasteiger partial charge in [-0.05, 0) is 12.5 Å². The first kappa shape index (κ1) is 15.8. The molecule has 1 heterocycles. The lowest BCUT2D eigenvalue weighted by Crippen LogP contribution is -2.33. The van der Waals surface area contributed by atoms with Crippen LogP contribution in [0.25, 0.3) is 0 Å². The third-order valence-electron chi connectivity index (χ3n) is 2.21. The molecule has 1 aromatic heterocycles. The highest BCUT2D eigenvalue weighted by Crippen LogP contribution is 2.17. The second-order valence-corrected chi connectivity index (χ2v) is 3.83. The molecule has 0 aliphatic rings. The first-order valence-corrected chi connectivity index (χ1v) is 5.72. The number of carbonyl (C=O) groups excluding carboxylic acids is 1. The topological polar surface area (TPSA) is 75.0 Å². The lowest BCUT2D eigenvalue weighted by molar-refractivity contribution is -0.154. The Morgan fingerprint density at radius 2 is 2.25 bits per heavy atom. The van der Waals surface area contributed by atoms with E-state index >= 15 is 0 Å². The Morgan fingerprint density at radius 1 is 1.55 bits per heavy atom. The lowest BCUT2D eigenvalue weighted by atomic mass is 10.2. The highest BCUT2D eigenvalue weighted by atomic mass is 19.4. The number of nitrogens with zero attached hydrogens (tertiary/aromatic N) is 2. The monoisotopic (exact) mass is 287 g/mol. The van der Waals surface area contributed by atoms with Crippen LogP contribution in [0.3, 0.4) is 0 Å². The van der Waals surface area contributed by atoms with Crippen LogP contribution in [0.2, 0.25) is 0 Å². The Hall–Kier alpha value is -2.30. The van der Waals surface area contributed by atoms with Gasteiger partial charge in [0.1, 0.15) is 11.7 Å². The van der Waals surface area contributed by atoms with Crippen molar-refractivity contribution in [1.29, 1.82) is 5.26 Å². The molecule has 8 heteroatoms. The SMILES string of the molecule is CC[C@H](C#N)NC(=O)c1cccc(OCC(F)(F)F)n1. The van der Waals surface area contributed by atoms with Crippen LogP contribution in [0.1, 0.15) is 23.8 Å². The van der Waals surface area contributed by atoms with Crippen molar-refractivity contribution in [3.63, 3.8) is 0 Å². The number of nitrogens with one attached hydrogen (secondary N) is 1. The summed E-state index contributed by atoms with van der Waals surface area (Å²) >= 11 is 0. The number of nitriles is 1. The van der Waals surface area contributed by atoms with Gasteiger partial charge in [0.2, 0.25) is 5.88 Å². The Balaban J connectivity index is 2.73. The molecule has 1 aromatic rings. The predicted octanol–water partition coefficient (Wildman–Crippen LogP) is 2.05. The van der Waals surface area contributed by atoms with E-state index in [-0.39, 0.29) is 11.6 Å². The fourth-order valence-corrected chi connectivity index (χ4v) is 1.24. The van der Waals surface area contributed by atoms with Crippen LogP contribution < -0.4 is 10.1 Å². The minimum absolute atomic E-state index is 0.113. The van der Waals surface area contributed by atoms with Crippen LogP contribution in [0.5, 0.6) is 5.88 Å². The van der Waals surface area contributed by atoms with Gasteiger partial charge in [0.05, 0.1) is 6.07 Å². The lowest BCUT2D eigenvalue weighted by Gasteiger charge is -2.11. The van der Waals surface area contributed by atoms with Gasteiger partial charge in [0, 0.05) is 6.07 Å². The Morgan fingerprint density at radius 3 is 2.80 bits per heavy atom. The molecule has 0 aliphatic heterocycles.